The van der Waals surface area contributed by atoms with Gasteiger partial charge < -0.3 is 9.47 Å². The molecule has 27 heavy (non-hydrogen) atoms. The molecule has 2 rings (SSSR count). The Labute approximate surface area is 165 Å². The number of rotatable bonds is 7. The van der Waals surface area contributed by atoms with Gasteiger partial charge in [0, 0.05) is 4.47 Å². The first kappa shape index (κ1) is 21.1. The molecule has 0 radical (unpaired) electrons. The Hall–Kier alpha value is -2.23. The maximum atomic E-state index is 12.7. The second-order valence-corrected chi connectivity index (χ2v) is 8.15. The number of halogens is 1. The van der Waals surface area contributed by atoms with Gasteiger partial charge in [0.05, 0.1) is 37.1 Å². The van der Waals surface area contributed by atoms with Crippen molar-refractivity contribution in [3.05, 3.63) is 64.1 Å². The minimum absolute atomic E-state index is 0.0397. The molecule has 0 saturated heterocycles. The number of carbonyl (C=O) groups is 2. The summed E-state index contributed by atoms with van der Waals surface area (Å²) in [5.41, 5.74) is 0.842. The van der Waals surface area contributed by atoms with Crippen molar-refractivity contribution in [2.24, 2.45) is 0 Å². The number of methoxy groups -OCH3 is 2. The van der Waals surface area contributed by atoms with Crippen LogP contribution in [0.1, 0.15) is 28.4 Å². The van der Waals surface area contributed by atoms with Crippen molar-refractivity contribution in [3.63, 3.8) is 0 Å². The highest BCUT2D eigenvalue weighted by molar-refractivity contribution is 9.10. The van der Waals surface area contributed by atoms with E-state index in [1.165, 1.54) is 38.5 Å². The van der Waals surface area contributed by atoms with E-state index in [1.807, 2.05) is 0 Å². The first-order valence-electron chi connectivity index (χ1n) is 7.80. The summed E-state index contributed by atoms with van der Waals surface area (Å²) in [6.45, 7) is 0. The molecule has 0 aromatic heterocycles. The molecule has 1 unspecified atom stereocenters. The van der Waals surface area contributed by atoms with Crippen molar-refractivity contribution in [2.45, 2.75) is 17.4 Å². The van der Waals surface area contributed by atoms with Gasteiger partial charge in [-0.05, 0) is 42.0 Å². The second-order valence-electron chi connectivity index (χ2n) is 5.52. The zero-order valence-corrected chi connectivity index (χ0v) is 17.0. The predicted molar refractivity (Wildman–Crippen MR) is 102 cm³/mol. The molecule has 2 aromatic carbocycles. The van der Waals surface area contributed by atoms with Crippen molar-refractivity contribution in [1.29, 1.82) is 0 Å². The van der Waals surface area contributed by atoms with E-state index in [1.54, 1.807) is 24.3 Å². The minimum Gasteiger partial charge on any atom is -0.469 e. The van der Waals surface area contributed by atoms with Crippen molar-refractivity contribution in [2.75, 3.05) is 14.2 Å². The van der Waals surface area contributed by atoms with E-state index in [4.69, 9.17) is 0 Å². The fourth-order valence-corrected chi connectivity index (χ4v) is 3.80. The largest absolute Gasteiger partial charge is 0.469 e. The van der Waals surface area contributed by atoms with Crippen molar-refractivity contribution >= 4 is 37.9 Å². The molecule has 0 aliphatic rings. The summed E-state index contributed by atoms with van der Waals surface area (Å²) in [4.78, 5) is 23.2. The first-order chi connectivity index (χ1) is 12.8. The van der Waals surface area contributed by atoms with Gasteiger partial charge in [0.1, 0.15) is 0 Å². The zero-order chi connectivity index (χ0) is 20.0. The van der Waals surface area contributed by atoms with Crippen LogP contribution >= 0.6 is 15.9 Å². The average Bonchev–Trinajstić information content (AvgIpc) is 2.67. The highest BCUT2D eigenvalue weighted by Gasteiger charge is 2.24. The molecular formula is C18H18BrNO6S. The van der Waals surface area contributed by atoms with E-state index in [-0.39, 0.29) is 16.9 Å². The van der Waals surface area contributed by atoms with E-state index < -0.39 is 28.0 Å². The van der Waals surface area contributed by atoms with E-state index in [0.29, 0.717) is 5.56 Å². The smallest absolute Gasteiger partial charge is 0.337 e. The normalized spacial score (nSPS) is 12.3. The van der Waals surface area contributed by atoms with Crippen LogP contribution in [0.15, 0.2) is 57.9 Å². The number of hydrogen-bond acceptors (Lipinski definition) is 6. The Morgan fingerprint density at radius 1 is 1.00 bits per heavy atom. The molecule has 0 amide bonds. The second kappa shape index (κ2) is 9.12. The summed E-state index contributed by atoms with van der Waals surface area (Å²) >= 11 is 3.31. The highest BCUT2D eigenvalue weighted by atomic mass is 79.9. The third-order valence-electron chi connectivity index (χ3n) is 3.75. The number of hydrogen-bond donors (Lipinski definition) is 1. The lowest BCUT2D eigenvalue weighted by atomic mass is 10.1. The summed E-state index contributed by atoms with van der Waals surface area (Å²) < 4.78 is 38.0. The number of ether oxygens (including phenoxy) is 2. The third-order valence-corrected chi connectivity index (χ3v) is 5.77. The van der Waals surface area contributed by atoms with Crippen LogP contribution in [-0.4, -0.2) is 34.6 Å². The van der Waals surface area contributed by atoms with E-state index in [2.05, 4.69) is 30.1 Å². The summed E-state index contributed by atoms with van der Waals surface area (Å²) in [5, 5.41) is 0. The molecular weight excluding hydrogens is 438 g/mol. The lowest BCUT2D eigenvalue weighted by Crippen LogP contribution is -2.30. The molecule has 0 bridgehead atoms. The van der Waals surface area contributed by atoms with Crippen LogP contribution in [0.3, 0.4) is 0 Å². The first-order valence-corrected chi connectivity index (χ1v) is 10.1. The molecule has 0 saturated carbocycles. The van der Waals surface area contributed by atoms with Gasteiger partial charge in [-0.2, -0.15) is 0 Å². The van der Waals surface area contributed by atoms with Crippen molar-refractivity contribution < 1.29 is 27.5 Å². The lowest BCUT2D eigenvalue weighted by Gasteiger charge is -2.18. The van der Waals surface area contributed by atoms with Gasteiger partial charge in [-0.1, -0.05) is 28.1 Å². The van der Waals surface area contributed by atoms with Crippen LogP contribution in [0.25, 0.3) is 0 Å². The van der Waals surface area contributed by atoms with Crippen LogP contribution in [0.2, 0.25) is 0 Å². The predicted octanol–water partition coefficient (Wildman–Crippen LogP) is 2.82. The van der Waals surface area contributed by atoms with Gasteiger partial charge in [0.15, 0.2) is 0 Å². The number of carbonyl (C=O) groups excluding carboxylic acids is 2. The standard InChI is InChI=1S/C18H18BrNO6S/c1-25-17(21)11-16(12-3-7-14(19)8-4-12)20-27(23,24)15-9-5-13(6-10-15)18(22)26-2/h3-10,16,20H,11H2,1-2H3. The van der Waals surface area contributed by atoms with Crippen molar-refractivity contribution in [3.8, 4) is 0 Å². The van der Waals surface area contributed by atoms with Crippen LogP contribution in [-0.2, 0) is 24.3 Å². The Balaban J connectivity index is 2.30. The molecule has 0 heterocycles. The average molecular weight is 456 g/mol. The quantitative estimate of drug-likeness (QED) is 0.644. The molecule has 0 fully saturated rings. The van der Waals surface area contributed by atoms with Gasteiger partial charge in [0.2, 0.25) is 10.0 Å². The van der Waals surface area contributed by atoms with Crippen LogP contribution < -0.4 is 4.72 Å². The maximum Gasteiger partial charge on any atom is 0.337 e. The monoisotopic (exact) mass is 455 g/mol. The zero-order valence-electron chi connectivity index (χ0n) is 14.6. The van der Waals surface area contributed by atoms with Crippen LogP contribution in [0.5, 0.6) is 0 Å². The Bertz CT molecular complexity index is 910. The third kappa shape index (κ3) is 5.62. The molecule has 1 N–H and O–H groups in total. The molecule has 9 heteroatoms. The van der Waals surface area contributed by atoms with Crippen molar-refractivity contribution in [1.82, 2.24) is 4.72 Å². The topological polar surface area (TPSA) is 98.8 Å². The SMILES string of the molecule is COC(=O)CC(NS(=O)(=O)c1ccc(C(=O)OC)cc1)c1ccc(Br)cc1. The molecule has 144 valence electrons. The lowest BCUT2D eigenvalue weighted by molar-refractivity contribution is -0.141. The Morgan fingerprint density at radius 3 is 2.11 bits per heavy atom. The van der Waals surface area contributed by atoms with Gasteiger partial charge in [0.25, 0.3) is 0 Å². The molecule has 0 aliphatic carbocycles. The van der Waals surface area contributed by atoms with E-state index in [9.17, 15) is 18.0 Å². The summed E-state index contributed by atoms with van der Waals surface area (Å²) in [6, 6.07) is 11.4. The molecule has 7 nitrogen and oxygen atoms in total. The van der Waals surface area contributed by atoms with E-state index >= 15 is 0 Å². The summed E-state index contributed by atoms with van der Waals surface area (Å²) in [5.74, 6) is -1.11. The summed E-state index contributed by atoms with van der Waals surface area (Å²) in [6.07, 6.45) is -0.169. The maximum absolute atomic E-state index is 12.7. The highest BCUT2D eigenvalue weighted by Crippen LogP contribution is 2.23. The number of nitrogens with one attached hydrogen (secondary N) is 1. The fourth-order valence-electron chi connectivity index (χ4n) is 2.32. The Kier molecular flexibility index (Phi) is 7.11. The number of sulfonamides is 1. The van der Waals surface area contributed by atoms with Gasteiger partial charge in [-0.3, -0.25) is 4.79 Å². The summed E-state index contributed by atoms with van der Waals surface area (Å²) in [7, 11) is -1.47. The van der Waals surface area contributed by atoms with Gasteiger partial charge >= 0.3 is 11.9 Å². The molecule has 0 aliphatic heterocycles. The minimum atomic E-state index is -3.94. The number of benzene rings is 2. The van der Waals surface area contributed by atoms with Crippen LogP contribution in [0, 0.1) is 0 Å². The molecule has 1 atom stereocenters. The van der Waals surface area contributed by atoms with Gasteiger partial charge in [-0.15, -0.1) is 0 Å². The molecule has 0 spiro atoms. The fraction of sp³-hybridized carbons (Fsp3) is 0.222. The number of esters is 2. The van der Waals surface area contributed by atoms with Gasteiger partial charge in [-0.25, -0.2) is 17.9 Å². The van der Waals surface area contributed by atoms with E-state index in [0.717, 1.165) is 4.47 Å². The van der Waals surface area contributed by atoms with Crippen LogP contribution in [0.4, 0.5) is 0 Å². The Morgan fingerprint density at radius 2 is 1.59 bits per heavy atom. The molecule has 2 aromatic rings.